The lowest BCUT2D eigenvalue weighted by molar-refractivity contribution is 0.114. The van der Waals surface area contributed by atoms with Crippen LogP contribution in [-0.2, 0) is 0 Å². The zero-order valence-electron chi connectivity index (χ0n) is 8.03. The summed E-state index contributed by atoms with van der Waals surface area (Å²) in [5.41, 5.74) is 0.690. The van der Waals surface area contributed by atoms with Gasteiger partial charge in [-0.25, -0.2) is 0 Å². The van der Waals surface area contributed by atoms with Crippen molar-refractivity contribution in [1.29, 1.82) is 0 Å². The molecule has 1 heterocycles. The van der Waals surface area contributed by atoms with E-state index in [1.807, 2.05) is 0 Å². The van der Waals surface area contributed by atoms with Crippen molar-refractivity contribution in [2.24, 2.45) is 5.41 Å². The molecule has 2 rings (SSSR count). The molecule has 2 N–H and O–H groups in total. The van der Waals surface area contributed by atoms with Crippen LogP contribution in [0.5, 0.6) is 0 Å². The third-order valence-electron chi connectivity index (χ3n) is 3.71. The van der Waals surface area contributed by atoms with Crippen LogP contribution in [0.2, 0.25) is 0 Å². The van der Waals surface area contributed by atoms with Gasteiger partial charge in [0.05, 0.1) is 0 Å². The molecule has 12 heavy (non-hydrogen) atoms. The van der Waals surface area contributed by atoms with Gasteiger partial charge in [0.15, 0.2) is 0 Å². The van der Waals surface area contributed by atoms with Crippen molar-refractivity contribution >= 4 is 0 Å². The lowest BCUT2D eigenvalue weighted by Crippen LogP contribution is -2.57. The number of hydrogen-bond donors (Lipinski definition) is 2. The van der Waals surface area contributed by atoms with Gasteiger partial charge in [0, 0.05) is 25.7 Å². The van der Waals surface area contributed by atoms with Gasteiger partial charge in [0.25, 0.3) is 0 Å². The van der Waals surface area contributed by atoms with Gasteiger partial charge in [0.2, 0.25) is 0 Å². The van der Waals surface area contributed by atoms with Gasteiger partial charge in [-0.1, -0.05) is 13.3 Å². The van der Waals surface area contributed by atoms with Gasteiger partial charge in [-0.2, -0.15) is 0 Å². The Kier molecular flexibility index (Phi) is 2.37. The fraction of sp³-hybridized carbons (Fsp3) is 1.00. The maximum Gasteiger partial charge on any atom is 0.0317 e. The highest BCUT2D eigenvalue weighted by Crippen LogP contribution is 2.43. The van der Waals surface area contributed by atoms with E-state index in [0.717, 1.165) is 6.04 Å². The lowest BCUT2D eigenvalue weighted by atomic mass is 9.67. The van der Waals surface area contributed by atoms with E-state index in [1.54, 1.807) is 0 Å². The number of nitrogens with one attached hydrogen (secondary N) is 2. The molecular weight excluding hydrogens is 148 g/mol. The first kappa shape index (κ1) is 8.52. The standard InChI is InChI=1S/C10H20N2/c1-2-10(4-3-5-10)8-12-9-6-11-7-9/h9,11-12H,2-8H2,1H3. The molecule has 0 spiro atoms. The second-order valence-electron chi connectivity index (χ2n) is 4.44. The molecule has 0 bridgehead atoms. The molecule has 1 aliphatic carbocycles. The summed E-state index contributed by atoms with van der Waals surface area (Å²) in [6.45, 7) is 5.95. The highest BCUT2D eigenvalue weighted by molar-refractivity contribution is 4.91. The van der Waals surface area contributed by atoms with E-state index in [9.17, 15) is 0 Å². The quantitative estimate of drug-likeness (QED) is 0.657. The first-order chi connectivity index (χ1) is 5.85. The van der Waals surface area contributed by atoms with E-state index in [4.69, 9.17) is 0 Å². The Morgan fingerprint density at radius 2 is 2.17 bits per heavy atom. The van der Waals surface area contributed by atoms with Gasteiger partial charge < -0.3 is 10.6 Å². The zero-order valence-corrected chi connectivity index (χ0v) is 8.03. The van der Waals surface area contributed by atoms with Gasteiger partial charge in [-0.05, 0) is 24.7 Å². The van der Waals surface area contributed by atoms with E-state index in [0.29, 0.717) is 5.41 Å². The second-order valence-corrected chi connectivity index (χ2v) is 4.44. The van der Waals surface area contributed by atoms with Crippen molar-refractivity contribution in [1.82, 2.24) is 10.6 Å². The van der Waals surface area contributed by atoms with Crippen molar-refractivity contribution in [2.75, 3.05) is 19.6 Å². The highest BCUT2D eigenvalue weighted by Gasteiger charge is 2.35. The van der Waals surface area contributed by atoms with Crippen LogP contribution in [-0.4, -0.2) is 25.7 Å². The molecule has 1 aliphatic heterocycles. The Labute approximate surface area is 75.1 Å². The van der Waals surface area contributed by atoms with Gasteiger partial charge in [-0.15, -0.1) is 0 Å². The Balaban J connectivity index is 1.69. The van der Waals surface area contributed by atoms with E-state index in [2.05, 4.69) is 17.6 Å². The zero-order chi connectivity index (χ0) is 8.44. The predicted molar refractivity (Wildman–Crippen MR) is 51.2 cm³/mol. The van der Waals surface area contributed by atoms with Crippen LogP contribution in [0.4, 0.5) is 0 Å². The van der Waals surface area contributed by atoms with Gasteiger partial charge in [-0.3, -0.25) is 0 Å². The first-order valence-electron chi connectivity index (χ1n) is 5.29. The summed E-state index contributed by atoms with van der Waals surface area (Å²) < 4.78 is 0. The summed E-state index contributed by atoms with van der Waals surface area (Å²) in [6, 6.07) is 0.772. The van der Waals surface area contributed by atoms with Crippen LogP contribution < -0.4 is 10.6 Å². The Morgan fingerprint density at radius 1 is 1.42 bits per heavy atom. The van der Waals surface area contributed by atoms with Crippen LogP contribution in [0.3, 0.4) is 0 Å². The first-order valence-corrected chi connectivity index (χ1v) is 5.29. The molecule has 2 aliphatic rings. The van der Waals surface area contributed by atoms with Crippen molar-refractivity contribution in [2.45, 2.75) is 38.6 Å². The third kappa shape index (κ3) is 1.50. The summed E-state index contributed by atoms with van der Waals surface area (Å²) in [5.74, 6) is 0. The fourth-order valence-electron chi connectivity index (χ4n) is 2.13. The second kappa shape index (κ2) is 3.35. The van der Waals surface area contributed by atoms with E-state index in [-0.39, 0.29) is 0 Å². The molecule has 1 saturated carbocycles. The molecule has 2 heteroatoms. The molecule has 0 aromatic heterocycles. The van der Waals surface area contributed by atoms with E-state index >= 15 is 0 Å². The van der Waals surface area contributed by atoms with Gasteiger partial charge >= 0.3 is 0 Å². The van der Waals surface area contributed by atoms with Crippen LogP contribution in [0.25, 0.3) is 0 Å². The van der Waals surface area contributed by atoms with Crippen LogP contribution in [0.1, 0.15) is 32.6 Å². The average Bonchev–Trinajstić information content (AvgIpc) is 1.91. The van der Waals surface area contributed by atoms with E-state index < -0.39 is 0 Å². The minimum absolute atomic E-state index is 0.690. The summed E-state index contributed by atoms with van der Waals surface area (Å²) in [5, 5.41) is 6.94. The SMILES string of the molecule is CCC1(CNC2CNC2)CCC1. The fourth-order valence-corrected chi connectivity index (χ4v) is 2.13. The van der Waals surface area contributed by atoms with Crippen LogP contribution in [0.15, 0.2) is 0 Å². The molecule has 0 atom stereocenters. The van der Waals surface area contributed by atoms with Crippen molar-refractivity contribution in [3.8, 4) is 0 Å². The summed E-state index contributed by atoms with van der Waals surface area (Å²) in [4.78, 5) is 0. The minimum atomic E-state index is 0.690. The molecule has 1 saturated heterocycles. The third-order valence-corrected chi connectivity index (χ3v) is 3.71. The molecule has 2 fully saturated rings. The Bertz CT molecular complexity index is 142. The van der Waals surface area contributed by atoms with Crippen LogP contribution >= 0.6 is 0 Å². The molecule has 0 unspecified atom stereocenters. The van der Waals surface area contributed by atoms with Crippen LogP contribution in [0, 0.1) is 5.41 Å². The highest BCUT2D eigenvalue weighted by atomic mass is 15.1. The summed E-state index contributed by atoms with van der Waals surface area (Å²) in [6.07, 6.45) is 5.73. The van der Waals surface area contributed by atoms with E-state index in [1.165, 1.54) is 45.3 Å². The smallest absolute Gasteiger partial charge is 0.0317 e. The monoisotopic (exact) mass is 168 g/mol. The molecule has 0 aromatic rings. The maximum atomic E-state index is 3.65. The lowest BCUT2D eigenvalue weighted by Gasteiger charge is -2.43. The molecule has 70 valence electrons. The van der Waals surface area contributed by atoms with Gasteiger partial charge in [0.1, 0.15) is 0 Å². The summed E-state index contributed by atoms with van der Waals surface area (Å²) in [7, 11) is 0. The van der Waals surface area contributed by atoms with Crippen molar-refractivity contribution < 1.29 is 0 Å². The molecule has 0 radical (unpaired) electrons. The minimum Gasteiger partial charge on any atom is -0.314 e. The maximum absolute atomic E-state index is 3.65. The topological polar surface area (TPSA) is 24.1 Å². The molecule has 0 amide bonds. The predicted octanol–water partition coefficient (Wildman–Crippen LogP) is 1.13. The van der Waals surface area contributed by atoms with Crippen molar-refractivity contribution in [3.05, 3.63) is 0 Å². The largest absolute Gasteiger partial charge is 0.314 e. The molecule has 0 aromatic carbocycles. The van der Waals surface area contributed by atoms with Crippen molar-refractivity contribution in [3.63, 3.8) is 0 Å². The normalized spacial score (nSPS) is 27.8. The molecular formula is C10H20N2. The number of hydrogen-bond acceptors (Lipinski definition) is 2. The summed E-state index contributed by atoms with van der Waals surface area (Å²) >= 11 is 0. The average molecular weight is 168 g/mol. The Morgan fingerprint density at radius 3 is 2.50 bits per heavy atom. The number of rotatable bonds is 4. The molecule has 2 nitrogen and oxygen atoms in total. The Hall–Kier alpha value is -0.0800.